The minimum atomic E-state index is -0.492. The molecule has 1 aromatic carbocycles. The molecule has 134 valence electrons. The third-order valence-electron chi connectivity index (χ3n) is 4.58. The third-order valence-corrected chi connectivity index (χ3v) is 4.58. The fourth-order valence-corrected chi connectivity index (χ4v) is 3.44. The van der Waals surface area contributed by atoms with E-state index < -0.39 is 5.79 Å². The van der Waals surface area contributed by atoms with E-state index in [1.807, 2.05) is 23.1 Å². The third kappa shape index (κ3) is 4.23. The van der Waals surface area contributed by atoms with Gasteiger partial charge in [-0.3, -0.25) is 9.69 Å². The first-order valence-corrected chi connectivity index (χ1v) is 8.90. The molecule has 0 radical (unpaired) electrons. The number of carbonyl (C=O) groups excluding carboxylic acids is 1. The standard InChI is InChI=1S/C20H26N2O3/c1-3-12-22(13-4-2)15-19(23)21-16-8-9-17-18(14-16)25-20(24-17)10-6-5-7-11-20/h3-4,8-9,14H,1-2,5-7,10-13,15H2,(H,21,23). The van der Waals surface area contributed by atoms with Gasteiger partial charge in [0.2, 0.25) is 5.91 Å². The molecule has 1 N–H and O–H groups in total. The molecular weight excluding hydrogens is 316 g/mol. The number of fused-ring (bicyclic) bond motifs is 1. The van der Waals surface area contributed by atoms with Crippen molar-refractivity contribution in [2.45, 2.75) is 37.9 Å². The van der Waals surface area contributed by atoms with Gasteiger partial charge in [0, 0.05) is 37.7 Å². The maximum atomic E-state index is 12.3. The predicted molar refractivity (Wildman–Crippen MR) is 99.0 cm³/mol. The summed E-state index contributed by atoms with van der Waals surface area (Å²) < 4.78 is 12.2. The molecule has 1 aliphatic heterocycles. The number of rotatable bonds is 7. The average molecular weight is 342 g/mol. The van der Waals surface area contributed by atoms with Crippen LogP contribution in [-0.2, 0) is 4.79 Å². The van der Waals surface area contributed by atoms with Gasteiger partial charge >= 0.3 is 0 Å². The Bertz CT molecular complexity index is 640. The Kier molecular flexibility index (Phi) is 5.43. The maximum Gasteiger partial charge on any atom is 0.251 e. The van der Waals surface area contributed by atoms with Crippen LogP contribution in [0.2, 0.25) is 0 Å². The lowest BCUT2D eigenvalue weighted by atomic mass is 9.94. The SMILES string of the molecule is C=CCN(CC=C)CC(=O)Nc1ccc2c(c1)OC1(CCCCC1)O2. The van der Waals surface area contributed by atoms with Crippen LogP contribution in [0.25, 0.3) is 0 Å². The molecule has 0 unspecified atom stereocenters. The fraction of sp³-hybridized carbons (Fsp3) is 0.450. The first-order chi connectivity index (χ1) is 12.1. The minimum Gasteiger partial charge on any atom is -0.448 e. The van der Waals surface area contributed by atoms with Gasteiger partial charge in [0.1, 0.15) is 0 Å². The van der Waals surface area contributed by atoms with Crippen LogP contribution in [-0.4, -0.2) is 36.2 Å². The number of anilines is 1. The summed E-state index contributed by atoms with van der Waals surface area (Å²) in [5.41, 5.74) is 0.720. The number of nitrogens with one attached hydrogen (secondary N) is 1. The molecular formula is C20H26N2O3. The number of carbonyl (C=O) groups is 1. The molecule has 1 aliphatic carbocycles. The minimum absolute atomic E-state index is 0.0741. The Hall–Kier alpha value is -2.27. The zero-order valence-corrected chi connectivity index (χ0v) is 14.6. The molecule has 3 rings (SSSR count). The van der Waals surface area contributed by atoms with Crippen LogP contribution in [0, 0.1) is 0 Å². The van der Waals surface area contributed by atoms with Crippen LogP contribution in [0.15, 0.2) is 43.5 Å². The maximum absolute atomic E-state index is 12.3. The topological polar surface area (TPSA) is 50.8 Å². The van der Waals surface area contributed by atoms with E-state index in [1.54, 1.807) is 12.2 Å². The quantitative estimate of drug-likeness (QED) is 0.767. The molecule has 0 saturated heterocycles. The molecule has 1 amide bonds. The number of nitrogens with zero attached hydrogens (tertiary/aromatic N) is 1. The second-order valence-electron chi connectivity index (χ2n) is 6.66. The van der Waals surface area contributed by atoms with Gasteiger partial charge in [-0.2, -0.15) is 0 Å². The normalized spacial score (nSPS) is 17.5. The Morgan fingerprint density at radius 3 is 2.48 bits per heavy atom. The van der Waals surface area contributed by atoms with E-state index in [-0.39, 0.29) is 12.5 Å². The van der Waals surface area contributed by atoms with Gasteiger partial charge in [-0.05, 0) is 25.0 Å². The van der Waals surface area contributed by atoms with Crippen LogP contribution < -0.4 is 14.8 Å². The first kappa shape index (κ1) is 17.5. The van der Waals surface area contributed by atoms with Crippen molar-refractivity contribution in [2.24, 2.45) is 0 Å². The highest BCUT2D eigenvalue weighted by Crippen LogP contribution is 2.46. The van der Waals surface area contributed by atoms with Gasteiger partial charge in [0.25, 0.3) is 5.79 Å². The van der Waals surface area contributed by atoms with Crippen LogP contribution in [0.3, 0.4) is 0 Å². The number of hydrogen-bond acceptors (Lipinski definition) is 4. The smallest absolute Gasteiger partial charge is 0.251 e. The zero-order valence-electron chi connectivity index (χ0n) is 14.6. The van der Waals surface area contributed by atoms with Crippen molar-refractivity contribution in [3.8, 4) is 11.5 Å². The molecule has 0 bridgehead atoms. The summed E-state index contributed by atoms with van der Waals surface area (Å²) in [6.45, 7) is 9.01. The molecule has 25 heavy (non-hydrogen) atoms. The molecule has 0 aromatic heterocycles. The van der Waals surface area contributed by atoms with Gasteiger partial charge in [0.15, 0.2) is 11.5 Å². The van der Waals surface area contributed by atoms with Crippen LogP contribution >= 0.6 is 0 Å². The summed E-state index contributed by atoms with van der Waals surface area (Å²) in [6.07, 6.45) is 8.88. The molecule has 1 aromatic rings. The largest absolute Gasteiger partial charge is 0.448 e. The second-order valence-corrected chi connectivity index (χ2v) is 6.66. The van der Waals surface area contributed by atoms with Gasteiger partial charge in [-0.1, -0.05) is 18.6 Å². The van der Waals surface area contributed by atoms with E-state index in [2.05, 4.69) is 18.5 Å². The predicted octanol–water partition coefficient (Wildman–Crippen LogP) is 3.73. The van der Waals surface area contributed by atoms with E-state index >= 15 is 0 Å². The number of hydrogen-bond donors (Lipinski definition) is 1. The molecule has 0 atom stereocenters. The summed E-state index contributed by atoms with van der Waals surface area (Å²) in [6, 6.07) is 5.58. The van der Waals surface area contributed by atoms with Crippen molar-refractivity contribution in [1.82, 2.24) is 4.90 Å². The van der Waals surface area contributed by atoms with Crippen LogP contribution in [0.5, 0.6) is 11.5 Å². The van der Waals surface area contributed by atoms with Crippen LogP contribution in [0.4, 0.5) is 5.69 Å². The van der Waals surface area contributed by atoms with Crippen molar-refractivity contribution in [3.63, 3.8) is 0 Å². The first-order valence-electron chi connectivity index (χ1n) is 8.90. The van der Waals surface area contributed by atoms with Crippen LogP contribution in [0.1, 0.15) is 32.1 Å². The molecule has 1 saturated carbocycles. The lowest BCUT2D eigenvalue weighted by molar-refractivity contribution is -0.117. The summed E-state index contributed by atoms with van der Waals surface area (Å²) in [5, 5.41) is 2.93. The molecule has 5 nitrogen and oxygen atoms in total. The number of ether oxygens (including phenoxy) is 2. The lowest BCUT2D eigenvalue weighted by Gasteiger charge is -2.31. The molecule has 2 aliphatic rings. The van der Waals surface area contributed by atoms with E-state index in [0.29, 0.717) is 18.8 Å². The van der Waals surface area contributed by atoms with Crippen molar-refractivity contribution in [1.29, 1.82) is 0 Å². The summed E-state index contributed by atoms with van der Waals surface area (Å²) in [5.74, 6) is 0.914. The zero-order chi connectivity index (χ0) is 17.7. The monoisotopic (exact) mass is 342 g/mol. The van der Waals surface area contributed by atoms with Crippen molar-refractivity contribution in [3.05, 3.63) is 43.5 Å². The van der Waals surface area contributed by atoms with Gasteiger partial charge in [-0.15, -0.1) is 13.2 Å². The fourth-order valence-electron chi connectivity index (χ4n) is 3.44. The summed E-state index contributed by atoms with van der Waals surface area (Å²) in [7, 11) is 0. The van der Waals surface area contributed by atoms with E-state index in [4.69, 9.17) is 9.47 Å². The average Bonchev–Trinajstić information content (AvgIpc) is 2.92. The highest BCUT2D eigenvalue weighted by molar-refractivity contribution is 5.92. The van der Waals surface area contributed by atoms with Gasteiger partial charge in [0.05, 0.1) is 6.54 Å². The van der Waals surface area contributed by atoms with Gasteiger partial charge < -0.3 is 14.8 Å². The molecule has 1 heterocycles. The summed E-state index contributed by atoms with van der Waals surface area (Å²) in [4.78, 5) is 14.2. The number of benzene rings is 1. The Morgan fingerprint density at radius 2 is 1.80 bits per heavy atom. The van der Waals surface area contributed by atoms with E-state index in [0.717, 1.165) is 37.1 Å². The Labute approximate surface area is 149 Å². The molecule has 1 spiro atoms. The summed E-state index contributed by atoms with van der Waals surface area (Å²) >= 11 is 0. The van der Waals surface area contributed by atoms with Crippen molar-refractivity contribution >= 4 is 11.6 Å². The highest BCUT2D eigenvalue weighted by atomic mass is 16.7. The van der Waals surface area contributed by atoms with E-state index in [1.165, 1.54) is 6.42 Å². The molecule has 1 fully saturated rings. The Balaban J connectivity index is 1.61. The lowest BCUT2D eigenvalue weighted by Crippen LogP contribution is -2.40. The Morgan fingerprint density at radius 1 is 1.12 bits per heavy atom. The van der Waals surface area contributed by atoms with Crippen molar-refractivity contribution in [2.75, 3.05) is 25.0 Å². The van der Waals surface area contributed by atoms with E-state index in [9.17, 15) is 4.79 Å². The van der Waals surface area contributed by atoms with Gasteiger partial charge in [-0.25, -0.2) is 0 Å². The molecule has 5 heteroatoms. The second kappa shape index (κ2) is 7.74. The highest BCUT2D eigenvalue weighted by Gasteiger charge is 2.42. The number of amides is 1. The van der Waals surface area contributed by atoms with Crippen molar-refractivity contribution < 1.29 is 14.3 Å².